The summed E-state index contributed by atoms with van der Waals surface area (Å²) >= 11 is 1.69. The average Bonchev–Trinajstić information content (AvgIpc) is 3.02. The molecule has 0 amide bonds. The molecule has 138 valence electrons. The van der Waals surface area contributed by atoms with Crippen molar-refractivity contribution < 1.29 is 0 Å². The van der Waals surface area contributed by atoms with E-state index in [9.17, 15) is 0 Å². The Morgan fingerprint density at radius 1 is 1.16 bits per heavy atom. The molecule has 0 aromatic carbocycles. The van der Waals surface area contributed by atoms with E-state index in [1.54, 1.807) is 17.5 Å². The second-order valence-corrected chi connectivity index (χ2v) is 6.65. The van der Waals surface area contributed by atoms with Crippen molar-refractivity contribution in [3.63, 3.8) is 0 Å². The summed E-state index contributed by atoms with van der Waals surface area (Å²) in [6.45, 7) is 7.42. The maximum absolute atomic E-state index is 4.58. The van der Waals surface area contributed by atoms with Crippen LogP contribution in [0.5, 0.6) is 0 Å². The lowest BCUT2D eigenvalue weighted by atomic mass is 10.3. The Morgan fingerprint density at radius 3 is 2.68 bits per heavy atom. The lowest BCUT2D eigenvalue weighted by Gasteiger charge is -2.11. The van der Waals surface area contributed by atoms with Crippen molar-refractivity contribution in [3.05, 3.63) is 40.5 Å². The molecule has 0 saturated carbocycles. The predicted octanol–water partition coefficient (Wildman–Crippen LogP) is 3.41. The summed E-state index contributed by atoms with van der Waals surface area (Å²) in [4.78, 5) is 14.4. The third-order valence-corrected chi connectivity index (χ3v) is 4.15. The van der Waals surface area contributed by atoms with Crippen LogP contribution in [0.15, 0.2) is 35.6 Å². The molecule has 0 aliphatic carbocycles. The molecule has 0 bridgehead atoms. The Balaban J connectivity index is 0.00000312. The first-order valence-corrected chi connectivity index (χ1v) is 9.18. The topological polar surface area (TPSA) is 74.2 Å². The van der Waals surface area contributed by atoms with E-state index < -0.39 is 0 Å². The summed E-state index contributed by atoms with van der Waals surface area (Å²) < 4.78 is 0. The van der Waals surface area contributed by atoms with E-state index in [2.05, 4.69) is 44.8 Å². The quantitative estimate of drug-likeness (QED) is 0.225. The van der Waals surface area contributed by atoms with Crippen molar-refractivity contribution in [2.24, 2.45) is 4.99 Å². The fraction of sp³-hybridized carbons (Fsp3) is 0.471. The minimum absolute atomic E-state index is 0. The highest BCUT2D eigenvalue weighted by atomic mass is 127. The molecule has 0 aliphatic heterocycles. The maximum Gasteiger partial charge on any atom is 0.191 e. The van der Waals surface area contributed by atoms with E-state index in [1.807, 2.05) is 24.4 Å². The summed E-state index contributed by atoms with van der Waals surface area (Å²) in [5.41, 5.74) is 0. The third kappa shape index (κ3) is 9.01. The largest absolute Gasteiger partial charge is 0.370 e. The number of nitrogens with zero attached hydrogens (tertiary/aromatic N) is 3. The van der Waals surface area contributed by atoms with Crippen LogP contribution in [0.25, 0.3) is 0 Å². The van der Waals surface area contributed by atoms with Gasteiger partial charge in [-0.05, 0) is 38.8 Å². The maximum atomic E-state index is 4.58. The second-order valence-electron chi connectivity index (χ2n) is 5.34. The van der Waals surface area contributed by atoms with E-state index >= 15 is 0 Å². The molecule has 8 heteroatoms. The highest BCUT2D eigenvalue weighted by molar-refractivity contribution is 14.0. The molecular formula is C17H27IN6S. The Hall–Kier alpha value is -1.42. The van der Waals surface area contributed by atoms with Crippen LogP contribution in [0.4, 0.5) is 5.82 Å². The zero-order chi connectivity index (χ0) is 17.0. The number of aliphatic imine (C=N–C) groups is 1. The van der Waals surface area contributed by atoms with Crippen LogP contribution >= 0.6 is 35.3 Å². The monoisotopic (exact) mass is 474 g/mol. The molecule has 25 heavy (non-hydrogen) atoms. The molecule has 0 fully saturated rings. The Morgan fingerprint density at radius 2 is 2.00 bits per heavy atom. The number of guanidine groups is 1. The number of hydrogen-bond donors (Lipinski definition) is 3. The van der Waals surface area contributed by atoms with Gasteiger partial charge in [0.1, 0.15) is 10.8 Å². The molecule has 0 aliphatic rings. The van der Waals surface area contributed by atoms with E-state index in [4.69, 9.17) is 0 Å². The van der Waals surface area contributed by atoms with Gasteiger partial charge >= 0.3 is 0 Å². The average molecular weight is 474 g/mol. The summed E-state index contributed by atoms with van der Waals surface area (Å²) in [6.07, 6.45) is 5.84. The van der Waals surface area contributed by atoms with Gasteiger partial charge in [-0.2, -0.15) is 0 Å². The fourth-order valence-corrected chi connectivity index (χ4v) is 2.82. The SMILES string of the molecule is CCNC(=NCc1ncc(C)s1)NCCCCNc1ccccn1.I. The second kappa shape index (κ2) is 12.9. The minimum atomic E-state index is 0. The summed E-state index contributed by atoms with van der Waals surface area (Å²) in [7, 11) is 0. The summed E-state index contributed by atoms with van der Waals surface area (Å²) in [5.74, 6) is 1.78. The molecule has 2 aromatic heterocycles. The first-order chi connectivity index (χ1) is 11.8. The van der Waals surface area contributed by atoms with Crippen molar-refractivity contribution in [1.29, 1.82) is 0 Å². The number of hydrogen-bond acceptors (Lipinski definition) is 5. The molecule has 2 aromatic rings. The zero-order valence-corrected chi connectivity index (χ0v) is 17.9. The standard InChI is InChI=1S/C17H26N6S.HI/c1-3-18-17(23-13-16-22-12-14(2)24-16)21-11-7-6-10-20-15-8-4-5-9-19-15;/h4-5,8-9,12H,3,6-7,10-11,13H2,1-2H3,(H,19,20)(H2,18,21,23);1H. The number of unbranched alkanes of at least 4 members (excludes halogenated alkanes) is 1. The highest BCUT2D eigenvalue weighted by Gasteiger charge is 2.00. The van der Waals surface area contributed by atoms with Gasteiger partial charge in [0, 0.05) is 36.9 Å². The van der Waals surface area contributed by atoms with Crippen LogP contribution in [-0.4, -0.2) is 35.6 Å². The number of aromatic nitrogens is 2. The lowest BCUT2D eigenvalue weighted by Crippen LogP contribution is -2.37. The van der Waals surface area contributed by atoms with Crippen molar-refractivity contribution >= 4 is 47.1 Å². The van der Waals surface area contributed by atoms with Gasteiger partial charge in [-0.15, -0.1) is 35.3 Å². The first kappa shape index (κ1) is 21.6. The van der Waals surface area contributed by atoms with E-state index in [-0.39, 0.29) is 24.0 Å². The van der Waals surface area contributed by atoms with Crippen LogP contribution in [0.2, 0.25) is 0 Å². The number of pyridine rings is 1. The van der Waals surface area contributed by atoms with Gasteiger partial charge in [-0.1, -0.05) is 6.07 Å². The molecule has 3 N–H and O–H groups in total. The Bertz CT molecular complexity index is 617. The lowest BCUT2D eigenvalue weighted by molar-refractivity contribution is 0.712. The third-order valence-electron chi connectivity index (χ3n) is 3.25. The molecule has 0 spiro atoms. The smallest absolute Gasteiger partial charge is 0.191 e. The molecule has 2 rings (SSSR count). The van der Waals surface area contributed by atoms with Gasteiger partial charge in [0.2, 0.25) is 0 Å². The van der Waals surface area contributed by atoms with E-state index in [1.165, 1.54) is 4.88 Å². The van der Waals surface area contributed by atoms with Crippen molar-refractivity contribution in [3.8, 4) is 0 Å². The van der Waals surface area contributed by atoms with E-state index in [0.29, 0.717) is 6.54 Å². The number of nitrogens with one attached hydrogen (secondary N) is 3. The number of rotatable bonds is 9. The predicted molar refractivity (Wildman–Crippen MR) is 117 cm³/mol. The molecular weight excluding hydrogens is 447 g/mol. The molecule has 0 unspecified atom stereocenters. The molecule has 2 heterocycles. The summed E-state index contributed by atoms with van der Waals surface area (Å²) in [5, 5.41) is 11.0. The normalized spacial score (nSPS) is 10.9. The Labute approximate surface area is 171 Å². The number of aryl methyl sites for hydroxylation is 1. The summed E-state index contributed by atoms with van der Waals surface area (Å²) in [6, 6.07) is 5.89. The van der Waals surface area contributed by atoms with Gasteiger partial charge in [0.15, 0.2) is 5.96 Å². The molecule has 0 saturated heterocycles. The molecule has 0 atom stereocenters. The number of halogens is 1. The van der Waals surface area contributed by atoms with E-state index in [0.717, 1.165) is 49.3 Å². The minimum Gasteiger partial charge on any atom is -0.370 e. The van der Waals surface area contributed by atoms with Crippen LogP contribution in [0, 0.1) is 6.92 Å². The van der Waals surface area contributed by atoms with Crippen LogP contribution in [0.1, 0.15) is 29.7 Å². The fourth-order valence-electron chi connectivity index (χ4n) is 2.10. The number of thiazole rings is 1. The van der Waals surface area contributed by atoms with Gasteiger partial charge in [0.25, 0.3) is 0 Å². The number of anilines is 1. The van der Waals surface area contributed by atoms with Crippen LogP contribution < -0.4 is 16.0 Å². The van der Waals surface area contributed by atoms with Crippen LogP contribution in [0.3, 0.4) is 0 Å². The highest BCUT2D eigenvalue weighted by Crippen LogP contribution is 2.11. The van der Waals surface area contributed by atoms with Crippen molar-refractivity contribution in [1.82, 2.24) is 20.6 Å². The van der Waals surface area contributed by atoms with Crippen LogP contribution in [-0.2, 0) is 6.54 Å². The molecule has 0 radical (unpaired) electrons. The van der Waals surface area contributed by atoms with Gasteiger partial charge in [0.05, 0.1) is 6.54 Å². The van der Waals surface area contributed by atoms with Gasteiger partial charge in [-0.3, -0.25) is 0 Å². The molecule has 6 nitrogen and oxygen atoms in total. The van der Waals surface area contributed by atoms with Crippen molar-refractivity contribution in [2.45, 2.75) is 33.2 Å². The van der Waals surface area contributed by atoms with Crippen molar-refractivity contribution in [2.75, 3.05) is 25.0 Å². The van der Waals surface area contributed by atoms with Gasteiger partial charge in [-0.25, -0.2) is 15.0 Å². The first-order valence-electron chi connectivity index (χ1n) is 8.36. The zero-order valence-electron chi connectivity index (χ0n) is 14.8. The Kier molecular flexibility index (Phi) is 11.1. The van der Waals surface area contributed by atoms with Gasteiger partial charge < -0.3 is 16.0 Å².